The van der Waals surface area contributed by atoms with Gasteiger partial charge in [0.1, 0.15) is 11.5 Å². The van der Waals surface area contributed by atoms with Gasteiger partial charge >= 0.3 is 0 Å². The summed E-state index contributed by atoms with van der Waals surface area (Å²) in [7, 11) is 0. The van der Waals surface area contributed by atoms with Crippen molar-refractivity contribution in [2.45, 2.75) is 26.4 Å². The second-order valence-electron chi connectivity index (χ2n) is 5.92. The quantitative estimate of drug-likeness (QED) is 0.877. The first kappa shape index (κ1) is 16.8. The summed E-state index contributed by atoms with van der Waals surface area (Å²) >= 11 is 0. The molecule has 0 radical (unpaired) electrons. The Balaban J connectivity index is 1.52. The molecule has 2 aromatic carbocycles. The van der Waals surface area contributed by atoms with Crippen LogP contribution in [0.15, 0.2) is 42.5 Å². The first-order valence-electron chi connectivity index (χ1n) is 8.12. The number of ether oxygens (including phenoxy) is 2. The van der Waals surface area contributed by atoms with Crippen LogP contribution in [0.5, 0.6) is 11.5 Å². The fraction of sp³-hybridized carbons (Fsp3) is 0.263. The zero-order chi connectivity index (χ0) is 17.8. The van der Waals surface area contributed by atoms with Crippen LogP contribution in [-0.4, -0.2) is 24.5 Å². The Morgan fingerprint density at radius 1 is 1.24 bits per heavy atom. The molecule has 2 N–H and O–H groups in total. The van der Waals surface area contributed by atoms with Gasteiger partial charge in [0.25, 0.3) is 5.91 Å². The lowest BCUT2D eigenvalue weighted by Crippen LogP contribution is -2.34. The van der Waals surface area contributed by atoms with E-state index in [1.165, 1.54) is 0 Å². The lowest BCUT2D eigenvalue weighted by atomic mass is 10.2. The third-order valence-corrected chi connectivity index (χ3v) is 3.81. The molecule has 0 saturated carbocycles. The van der Waals surface area contributed by atoms with Crippen LogP contribution in [0.3, 0.4) is 0 Å². The molecule has 25 heavy (non-hydrogen) atoms. The molecule has 0 unspecified atom stereocenters. The van der Waals surface area contributed by atoms with Crippen LogP contribution in [0.25, 0.3) is 0 Å². The Hall–Kier alpha value is -3.02. The maximum absolute atomic E-state index is 12.0. The number of rotatable bonds is 5. The summed E-state index contributed by atoms with van der Waals surface area (Å²) in [6, 6.07) is 12.8. The molecule has 1 heterocycles. The molecule has 2 aromatic rings. The van der Waals surface area contributed by atoms with Crippen LogP contribution in [0.1, 0.15) is 18.9 Å². The van der Waals surface area contributed by atoms with Crippen molar-refractivity contribution in [1.29, 1.82) is 0 Å². The maximum Gasteiger partial charge on any atom is 0.265 e. The third kappa shape index (κ3) is 4.29. The number of fused-ring (bicyclic) bond motifs is 1. The van der Waals surface area contributed by atoms with Crippen molar-refractivity contribution in [1.82, 2.24) is 0 Å². The van der Waals surface area contributed by atoms with Crippen molar-refractivity contribution in [3.8, 4) is 11.5 Å². The summed E-state index contributed by atoms with van der Waals surface area (Å²) in [6.07, 6.45) is -0.294. The Bertz CT molecular complexity index is 787. The normalized spacial score (nSPS) is 15.6. The highest BCUT2D eigenvalue weighted by Crippen LogP contribution is 2.32. The van der Waals surface area contributed by atoms with E-state index in [9.17, 15) is 9.59 Å². The molecular formula is C19H20N2O4. The van der Waals surface area contributed by atoms with Gasteiger partial charge in [0.15, 0.2) is 6.10 Å². The number of hydrogen-bond donors (Lipinski definition) is 2. The van der Waals surface area contributed by atoms with E-state index in [4.69, 9.17) is 9.47 Å². The molecule has 0 fully saturated rings. The van der Waals surface area contributed by atoms with Crippen LogP contribution >= 0.6 is 0 Å². The van der Waals surface area contributed by atoms with E-state index in [1.807, 2.05) is 31.2 Å². The van der Waals surface area contributed by atoms with Crippen molar-refractivity contribution in [3.63, 3.8) is 0 Å². The highest BCUT2D eigenvalue weighted by Gasteiger charge is 2.23. The van der Waals surface area contributed by atoms with Gasteiger partial charge in [-0.2, -0.15) is 0 Å². The fourth-order valence-corrected chi connectivity index (χ4v) is 2.41. The predicted octanol–water partition coefficient (Wildman–Crippen LogP) is 3.12. The molecule has 6 heteroatoms. The summed E-state index contributed by atoms with van der Waals surface area (Å²) in [5.41, 5.74) is 2.30. The van der Waals surface area contributed by atoms with Gasteiger partial charge in [-0.05, 0) is 44.2 Å². The average Bonchev–Trinajstić information content (AvgIpc) is 2.58. The van der Waals surface area contributed by atoms with Crippen LogP contribution < -0.4 is 20.1 Å². The smallest absolute Gasteiger partial charge is 0.265 e. The topological polar surface area (TPSA) is 76.7 Å². The molecule has 0 aliphatic carbocycles. The van der Waals surface area contributed by atoms with Gasteiger partial charge < -0.3 is 20.1 Å². The zero-order valence-corrected chi connectivity index (χ0v) is 14.2. The molecule has 130 valence electrons. The second kappa shape index (κ2) is 7.25. The van der Waals surface area contributed by atoms with Crippen molar-refractivity contribution in [2.24, 2.45) is 0 Å². The Morgan fingerprint density at radius 2 is 2.00 bits per heavy atom. The summed E-state index contributed by atoms with van der Waals surface area (Å²) in [4.78, 5) is 23.7. The fourth-order valence-electron chi connectivity index (χ4n) is 2.41. The van der Waals surface area contributed by atoms with E-state index < -0.39 is 6.10 Å². The monoisotopic (exact) mass is 340 g/mol. The number of aryl methyl sites for hydroxylation is 1. The minimum atomic E-state index is -0.521. The van der Waals surface area contributed by atoms with Crippen molar-refractivity contribution < 1.29 is 19.1 Å². The Morgan fingerprint density at radius 3 is 2.76 bits per heavy atom. The number of amides is 2. The number of carbonyl (C=O) groups excluding carboxylic acids is 2. The van der Waals surface area contributed by atoms with E-state index in [2.05, 4.69) is 10.6 Å². The van der Waals surface area contributed by atoms with Gasteiger partial charge in [-0.25, -0.2) is 0 Å². The largest absolute Gasteiger partial charge is 0.493 e. The van der Waals surface area contributed by atoms with Gasteiger partial charge in [-0.3, -0.25) is 9.59 Å². The van der Waals surface area contributed by atoms with E-state index in [0.29, 0.717) is 17.1 Å². The Labute approximate surface area is 146 Å². The Kier molecular flexibility index (Phi) is 4.88. The third-order valence-electron chi connectivity index (χ3n) is 3.81. The number of hydrogen-bond acceptors (Lipinski definition) is 4. The molecule has 3 rings (SSSR count). The predicted molar refractivity (Wildman–Crippen MR) is 95.1 cm³/mol. The standard InChI is InChI=1S/C19H20N2O4/c1-12-3-6-15(7-4-12)24-10-9-18(22)20-14-5-8-17-16(11-14)21-19(23)13(2)25-17/h3-8,11,13H,9-10H2,1-2H3,(H,20,22)(H,21,23)/t13-/m0/s1. The number of nitrogens with one attached hydrogen (secondary N) is 2. The highest BCUT2D eigenvalue weighted by atomic mass is 16.5. The summed E-state index contributed by atoms with van der Waals surface area (Å²) in [6.45, 7) is 3.98. The van der Waals surface area contributed by atoms with E-state index in [1.54, 1.807) is 25.1 Å². The van der Waals surface area contributed by atoms with Gasteiger partial charge in [0, 0.05) is 5.69 Å². The molecule has 0 aromatic heterocycles. The van der Waals surface area contributed by atoms with Crippen molar-refractivity contribution in [3.05, 3.63) is 48.0 Å². The van der Waals surface area contributed by atoms with Gasteiger partial charge in [-0.1, -0.05) is 17.7 Å². The SMILES string of the molecule is Cc1ccc(OCCC(=O)Nc2ccc3c(c2)NC(=O)[C@H](C)O3)cc1. The molecule has 0 saturated heterocycles. The summed E-state index contributed by atoms with van der Waals surface area (Å²) in [5.74, 6) is 0.958. The lowest BCUT2D eigenvalue weighted by molar-refractivity contribution is -0.122. The van der Waals surface area contributed by atoms with Crippen molar-refractivity contribution in [2.75, 3.05) is 17.2 Å². The van der Waals surface area contributed by atoms with E-state index in [-0.39, 0.29) is 24.8 Å². The van der Waals surface area contributed by atoms with Crippen molar-refractivity contribution >= 4 is 23.2 Å². The highest BCUT2D eigenvalue weighted by molar-refractivity contribution is 5.99. The number of carbonyl (C=O) groups is 2. The lowest BCUT2D eigenvalue weighted by Gasteiger charge is -2.23. The summed E-state index contributed by atoms with van der Waals surface area (Å²) < 4.78 is 11.0. The molecule has 1 aliphatic heterocycles. The second-order valence-corrected chi connectivity index (χ2v) is 5.92. The van der Waals surface area contributed by atoms with Gasteiger partial charge in [0.2, 0.25) is 5.91 Å². The molecule has 1 atom stereocenters. The van der Waals surface area contributed by atoms with Gasteiger partial charge in [0.05, 0.1) is 18.7 Å². The van der Waals surface area contributed by atoms with Crippen LogP contribution in [0.4, 0.5) is 11.4 Å². The average molecular weight is 340 g/mol. The molecule has 2 amide bonds. The maximum atomic E-state index is 12.0. The number of benzene rings is 2. The first-order valence-corrected chi connectivity index (χ1v) is 8.12. The van der Waals surface area contributed by atoms with Gasteiger partial charge in [-0.15, -0.1) is 0 Å². The minimum Gasteiger partial charge on any atom is -0.493 e. The first-order chi connectivity index (χ1) is 12.0. The van der Waals surface area contributed by atoms with Crippen LogP contribution in [0.2, 0.25) is 0 Å². The molecule has 6 nitrogen and oxygen atoms in total. The molecule has 0 bridgehead atoms. The summed E-state index contributed by atoms with van der Waals surface area (Å²) in [5, 5.41) is 5.54. The number of anilines is 2. The minimum absolute atomic E-state index is 0.163. The molecule has 0 spiro atoms. The van der Waals surface area contributed by atoms with Crippen LogP contribution in [0, 0.1) is 6.92 Å². The van der Waals surface area contributed by atoms with E-state index >= 15 is 0 Å². The molecule has 1 aliphatic rings. The van der Waals surface area contributed by atoms with Crippen LogP contribution in [-0.2, 0) is 9.59 Å². The van der Waals surface area contributed by atoms with E-state index in [0.717, 1.165) is 11.3 Å². The zero-order valence-electron chi connectivity index (χ0n) is 14.2. The molecular weight excluding hydrogens is 320 g/mol.